The summed E-state index contributed by atoms with van der Waals surface area (Å²) in [5.74, 6) is -0.703. The molecular weight excluding hydrogens is 394 g/mol. The van der Waals surface area contributed by atoms with Crippen molar-refractivity contribution in [1.82, 2.24) is 5.32 Å². The van der Waals surface area contributed by atoms with Crippen LogP contribution in [0.25, 0.3) is 0 Å². The minimum Gasteiger partial charge on any atom is -0.457 e. The molecule has 5 nitrogen and oxygen atoms in total. The number of thioether (sulfide) groups is 1. The first kappa shape index (κ1) is 20.5. The van der Waals surface area contributed by atoms with E-state index in [1.54, 1.807) is 12.1 Å². The van der Waals surface area contributed by atoms with Crippen LogP contribution in [0.1, 0.15) is 21.5 Å². The molecule has 0 radical (unpaired) electrons. The number of halogens is 1. The molecule has 0 fully saturated rings. The lowest BCUT2D eigenvalue weighted by Crippen LogP contribution is -2.22. The topological polar surface area (TPSA) is 72.5 Å². The molecule has 0 aliphatic rings. The van der Waals surface area contributed by atoms with Gasteiger partial charge >= 0.3 is 5.97 Å². The van der Waals surface area contributed by atoms with Crippen LogP contribution in [0, 0.1) is 0 Å². The Bertz CT molecular complexity index is 791. The Balaban J connectivity index is 1.74. The minimum atomic E-state index is -0.467. The molecule has 1 aromatic carbocycles. The highest BCUT2D eigenvalue weighted by molar-refractivity contribution is 8.00. The molecule has 0 aliphatic carbocycles. The van der Waals surface area contributed by atoms with Gasteiger partial charge in [-0.05, 0) is 30.7 Å². The fourth-order valence-corrected chi connectivity index (χ4v) is 3.95. The van der Waals surface area contributed by atoms with E-state index in [-0.39, 0.29) is 24.1 Å². The number of hydrogen-bond acceptors (Lipinski definition) is 6. The van der Waals surface area contributed by atoms with Crippen LogP contribution in [-0.4, -0.2) is 36.6 Å². The van der Waals surface area contributed by atoms with E-state index in [9.17, 15) is 14.4 Å². The van der Waals surface area contributed by atoms with Crippen LogP contribution in [-0.2, 0) is 20.7 Å². The van der Waals surface area contributed by atoms with Gasteiger partial charge in [-0.1, -0.05) is 23.7 Å². The van der Waals surface area contributed by atoms with Gasteiger partial charge in [-0.3, -0.25) is 14.4 Å². The van der Waals surface area contributed by atoms with Gasteiger partial charge in [0.2, 0.25) is 11.7 Å². The lowest BCUT2D eigenvalue weighted by atomic mass is 10.3. The first-order valence-electron chi connectivity index (χ1n) is 7.85. The summed E-state index contributed by atoms with van der Waals surface area (Å²) in [5, 5.41) is 3.28. The molecule has 0 bridgehead atoms. The van der Waals surface area contributed by atoms with Crippen molar-refractivity contribution < 1.29 is 19.1 Å². The van der Waals surface area contributed by atoms with Crippen LogP contribution in [0.4, 0.5) is 0 Å². The second-order valence-electron chi connectivity index (χ2n) is 5.30. The number of ether oxygens (including phenoxy) is 1. The third kappa shape index (κ3) is 6.82. The monoisotopic (exact) mass is 411 g/mol. The molecule has 138 valence electrons. The Morgan fingerprint density at radius 3 is 2.69 bits per heavy atom. The highest BCUT2D eigenvalue weighted by Crippen LogP contribution is 2.26. The average Bonchev–Trinajstić information content (AvgIpc) is 3.07. The summed E-state index contributed by atoms with van der Waals surface area (Å²) in [6, 6.07) is 10.8. The van der Waals surface area contributed by atoms with Gasteiger partial charge in [0.05, 0.1) is 15.7 Å². The molecule has 2 rings (SSSR count). The molecule has 0 unspecified atom stereocenters. The average molecular weight is 412 g/mol. The minimum absolute atomic E-state index is 0.0839. The highest BCUT2D eigenvalue weighted by Gasteiger charge is 2.13. The maximum Gasteiger partial charge on any atom is 0.316 e. The summed E-state index contributed by atoms with van der Waals surface area (Å²) in [5.41, 5.74) is 0. The van der Waals surface area contributed by atoms with E-state index in [0.717, 1.165) is 9.77 Å². The number of ketones is 1. The largest absolute Gasteiger partial charge is 0.457 e. The van der Waals surface area contributed by atoms with E-state index in [4.69, 9.17) is 16.3 Å². The third-order valence-corrected chi connectivity index (χ3v) is 5.90. The number of carbonyl (C=O) groups excluding carboxylic acids is 3. The van der Waals surface area contributed by atoms with Gasteiger partial charge in [-0.15, -0.1) is 23.1 Å². The number of rotatable bonds is 9. The summed E-state index contributed by atoms with van der Waals surface area (Å²) in [7, 11) is 0. The zero-order chi connectivity index (χ0) is 18.9. The summed E-state index contributed by atoms with van der Waals surface area (Å²) >= 11 is 8.63. The zero-order valence-electron chi connectivity index (χ0n) is 14.1. The van der Waals surface area contributed by atoms with E-state index >= 15 is 0 Å². The predicted molar refractivity (Wildman–Crippen MR) is 104 cm³/mol. The van der Waals surface area contributed by atoms with Gasteiger partial charge in [0, 0.05) is 23.2 Å². The van der Waals surface area contributed by atoms with Crippen molar-refractivity contribution in [3.05, 3.63) is 51.2 Å². The number of esters is 1. The molecule has 1 aromatic heterocycles. The van der Waals surface area contributed by atoms with E-state index < -0.39 is 5.97 Å². The highest BCUT2D eigenvalue weighted by atomic mass is 35.5. The molecule has 26 heavy (non-hydrogen) atoms. The molecule has 0 spiro atoms. The Morgan fingerprint density at radius 2 is 1.96 bits per heavy atom. The molecule has 1 amide bonds. The number of amides is 1. The van der Waals surface area contributed by atoms with Crippen molar-refractivity contribution in [2.24, 2.45) is 0 Å². The zero-order valence-corrected chi connectivity index (χ0v) is 16.5. The number of Topliss-reactive ketones (excluding diaryl/α,β-unsaturated/α-hetero) is 1. The van der Waals surface area contributed by atoms with Crippen LogP contribution >= 0.6 is 34.7 Å². The lowest BCUT2D eigenvalue weighted by molar-refractivity contribution is -0.139. The summed E-state index contributed by atoms with van der Waals surface area (Å²) < 4.78 is 5.04. The second kappa shape index (κ2) is 10.4. The van der Waals surface area contributed by atoms with Crippen LogP contribution in [0.3, 0.4) is 0 Å². The van der Waals surface area contributed by atoms with Gasteiger partial charge in [0.1, 0.15) is 0 Å². The quantitative estimate of drug-likeness (QED) is 0.387. The second-order valence-corrected chi connectivity index (χ2v) is 7.89. The van der Waals surface area contributed by atoms with Crippen LogP contribution in [0.5, 0.6) is 0 Å². The SMILES string of the molecule is CC(=O)NCCc1ccc(C(=O)COC(=O)CSc2ccccc2Cl)s1. The molecular formula is C18H18ClNO4S2. The first-order valence-corrected chi connectivity index (χ1v) is 10.0. The van der Waals surface area contributed by atoms with Crippen molar-refractivity contribution in [2.75, 3.05) is 18.9 Å². The molecule has 0 saturated heterocycles. The van der Waals surface area contributed by atoms with Gasteiger partial charge < -0.3 is 10.1 Å². The summed E-state index contributed by atoms with van der Waals surface area (Å²) in [6.45, 7) is 1.70. The molecule has 1 N–H and O–H groups in total. The van der Waals surface area contributed by atoms with E-state index in [2.05, 4.69) is 5.32 Å². The van der Waals surface area contributed by atoms with Crippen LogP contribution in [0.15, 0.2) is 41.3 Å². The summed E-state index contributed by atoms with van der Waals surface area (Å²) in [6.07, 6.45) is 0.659. The van der Waals surface area contributed by atoms with Crippen LogP contribution < -0.4 is 5.32 Å². The molecule has 0 aliphatic heterocycles. The Hall–Kier alpha value is -1.83. The molecule has 0 atom stereocenters. The Labute approximate surface area is 165 Å². The van der Waals surface area contributed by atoms with Gasteiger partial charge in [0.25, 0.3) is 0 Å². The number of hydrogen-bond donors (Lipinski definition) is 1. The summed E-state index contributed by atoms with van der Waals surface area (Å²) in [4.78, 5) is 37.1. The fourth-order valence-electron chi connectivity index (χ4n) is 1.98. The first-order chi connectivity index (χ1) is 12.5. The molecule has 8 heteroatoms. The molecule has 0 saturated carbocycles. The number of thiophene rings is 1. The number of benzene rings is 1. The van der Waals surface area contributed by atoms with Crippen molar-refractivity contribution >= 4 is 52.4 Å². The maximum atomic E-state index is 12.1. The smallest absolute Gasteiger partial charge is 0.316 e. The Morgan fingerprint density at radius 1 is 1.19 bits per heavy atom. The van der Waals surface area contributed by atoms with Crippen molar-refractivity contribution in [3.63, 3.8) is 0 Å². The standard InChI is InChI=1S/C18H18ClNO4S2/c1-12(21)20-9-8-13-6-7-17(26-13)15(22)10-24-18(23)11-25-16-5-3-2-4-14(16)19/h2-7H,8-11H2,1H3,(H,20,21). The Kier molecular flexibility index (Phi) is 8.15. The van der Waals surface area contributed by atoms with Crippen molar-refractivity contribution in [2.45, 2.75) is 18.2 Å². The van der Waals surface area contributed by atoms with Gasteiger partial charge in [-0.2, -0.15) is 0 Å². The number of carbonyl (C=O) groups is 3. The third-order valence-electron chi connectivity index (χ3n) is 3.23. The van der Waals surface area contributed by atoms with Gasteiger partial charge in [-0.25, -0.2) is 0 Å². The van der Waals surface area contributed by atoms with Crippen LogP contribution in [0.2, 0.25) is 5.02 Å². The molecule has 2 aromatic rings. The normalized spacial score (nSPS) is 10.4. The molecule has 1 heterocycles. The van der Waals surface area contributed by atoms with Crippen molar-refractivity contribution in [1.29, 1.82) is 0 Å². The van der Waals surface area contributed by atoms with Gasteiger partial charge in [0.15, 0.2) is 6.61 Å². The van der Waals surface area contributed by atoms with E-state index in [0.29, 0.717) is 22.9 Å². The lowest BCUT2D eigenvalue weighted by Gasteiger charge is -2.05. The maximum absolute atomic E-state index is 12.1. The fraction of sp³-hybridized carbons (Fsp3) is 0.278. The predicted octanol–water partition coefficient (Wildman–Crippen LogP) is 3.60. The van der Waals surface area contributed by atoms with E-state index in [1.165, 1.54) is 30.0 Å². The van der Waals surface area contributed by atoms with E-state index in [1.807, 2.05) is 24.3 Å². The van der Waals surface area contributed by atoms with Crippen molar-refractivity contribution in [3.8, 4) is 0 Å². The number of nitrogens with one attached hydrogen (secondary N) is 1.